The van der Waals surface area contributed by atoms with Gasteiger partial charge >= 0.3 is 5.97 Å². The molecule has 0 aliphatic carbocycles. The first kappa shape index (κ1) is 16.9. The number of hydrogen-bond donors (Lipinski definition) is 2. The first-order chi connectivity index (χ1) is 8.16. The third-order valence-corrected chi connectivity index (χ3v) is 3.39. The molecule has 0 radical (unpaired) electrons. The van der Waals surface area contributed by atoms with Crippen LogP contribution in [0, 0.1) is 11.3 Å². The molecule has 0 saturated carbocycles. The van der Waals surface area contributed by atoms with Crippen LogP contribution >= 0.6 is 0 Å². The lowest BCUT2D eigenvalue weighted by atomic mass is 9.80. The van der Waals surface area contributed by atoms with Gasteiger partial charge < -0.3 is 10.4 Å². The fraction of sp³-hybridized carbons (Fsp3) is 0.857. The highest BCUT2D eigenvalue weighted by molar-refractivity contribution is 5.77. The first-order valence-electron chi connectivity index (χ1n) is 6.68. The molecule has 0 saturated heterocycles. The Labute approximate surface area is 110 Å². The zero-order valence-electron chi connectivity index (χ0n) is 12.2. The normalized spacial score (nSPS) is 14.9. The van der Waals surface area contributed by atoms with Crippen molar-refractivity contribution in [2.75, 3.05) is 0 Å². The predicted octanol–water partition coefficient (Wildman–Crippen LogP) is 2.82. The van der Waals surface area contributed by atoms with E-state index in [0.717, 1.165) is 6.42 Å². The number of carboxylic acids is 1. The van der Waals surface area contributed by atoms with Gasteiger partial charge in [-0.05, 0) is 17.8 Å². The van der Waals surface area contributed by atoms with E-state index in [9.17, 15) is 9.59 Å². The van der Waals surface area contributed by atoms with E-state index in [1.54, 1.807) is 0 Å². The topological polar surface area (TPSA) is 66.4 Å². The van der Waals surface area contributed by atoms with E-state index in [0.29, 0.717) is 12.8 Å². The van der Waals surface area contributed by atoms with Crippen molar-refractivity contribution in [2.45, 2.75) is 66.3 Å². The number of carbonyl (C=O) groups is 2. The number of nitrogens with one attached hydrogen (secondary N) is 1. The molecule has 2 atom stereocenters. The minimum Gasteiger partial charge on any atom is -0.481 e. The van der Waals surface area contributed by atoms with Gasteiger partial charge in [-0.25, -0.2) is 0 Å². The summed E-state index contributed by atoms with van der Waals surface area (Å²) in [5.41, 5.74) is 0.0877. The summed E-state index contributed by atoms with van der Waals surface area (Å²) in [6.07, 6.45) is 2.03. The Hall–Kier alpha value is -1.06. The lowest BCUT2D eigenvalue weighted by molar-refractivity contribution is -0.137. The van der Waals surface area contributed by atoms with Crippen molar-refractivity contribution >= 4 is 11.9 Å². The highest BCUT2D eigenvalue weighted by Gasteiger charge is 2.24. The van der Waals surface area contributed by atoms with Gasteiger partial charge in [-0.1, -0.05) is 41.0 Å². The molecule has 4 heteroatoms. The van der Waals surface area contributed by atoms with E-state index in [1.807, 2.05) is 13.8 Å². The Morgan fingerprint density at radius 3 is 2.17 bits per heavy atom. The van der Waals surface area contributed by atoms with Crippen molar-refractivity contribution in [3.05, 3.63) is 0 Å². The summed E-state index contributed by atoms with van der Waals surface area (Å²) in [7, 11) is 0. The van der Waals surface area contributed by atoms with Gasteiger partial charge in [-0.3, -0.25) is 9.59 Å². The molecule has 0 aromatic heterocycles. The fourth-order valence-corrected chi connectivity index (χ4v) is 1.66. The molecule has 1 amide bonds. The molecule has 0 bridgehead atoms. The first-order valence-corrected chi connectivity index (χ1v) is 6.68. The summed E-state index contributed by atoms with van der Waals surface area (Å²) in [6.45, 7) is 10.3. The van der Waals surface area contributed by atoms with Crippen molar-refractivity contribution in [2.24, 2.45) is 11.3 Å². The standard InChI is InChI=1S/C14H27NO3/c1-6-7-11(9-13(17)18)15-12(16)8-10(2)14(3,4)5/h10-11H,6-9H2,1-5H3,(H,15,16)(H,17,18). The van der Waals surface area contributed by atoms with Gasteiger partial charge in [-0.15, -0.1) is 0 Å². The van der Waals surface area contributed by atoms with Crippen LogP contribution < -0.4 is 5.32 Å². The molecule has 0 fully saturated rings. The number of rotatable bonds is 7. The summed E-state index contributed by atoms with van der Waals surface area (Å²) in [6, 6.07) is -0.243. The average molecular weight is 257 g/mol. The van der Waals surface area contributed by atoms with Gasteiger partial charge in [0.25, 0.3) is 0 Å². The van der Waals surface area contributed by atoms with Crippen LogP contribution in [0.15, 0.2) is 0 Å². The smallest absolute Gasteiger partial charge is 0.305 e. The molecule has 106 valence electrons. The summed E-state index contributed by atoms with van der Waals surface area (Å²) >= 11 is 0. The van der Waals surface area contributed by atoms with E-state index in [2.05, 4.69) is 26.1 Å². The zero-order chi connectivity index (χ0) is 14.3. The minimum atomic E-state index is -0.863. The average Bonchev–Trinajstić information content (AvgIpc) is 2.14. The predicted molar refractivity (Wildman–Crippen MR) is 72.3 cm³/mol. The molecule has 0 spiro atoms. The SMILES string of the molecule is CCCC(CC(=O)O)NC(=O)CC(C)C(C)(C)C. The lowest BCUT2D eigenvalue weighted by Gasteiger charge is -2.27. The van der Waals surface area contributed by atoms with E-state index < -0.39 is 5.97 Å². The number of hydrogen-bond acceptors (Lipinski definition) is 2. The third kappa shape index (κ3) is 7.30. The van der Waals surface area contributed by atoms with Crippen molar-refractivity contribution in [3.63, 3.8) is 0 Å². The van der Waals surface area contributed by atoms with Gasteiger partial charge in [0, 0.05) is 12.5 Å². The molecule has 0 aromatic carbocycles. The molecular formula is C14H27NO3. The Balaban J connectivity index is 4.29. The van der Waals surface area contributed by atoms with Crippen LogP contribution in [0.2, 0.25) is 0 Å². The van der Waals surface area contributed by atoms with Gasteiger partial charge in [0.15, 0.2) is 0 Å². The van der Waals surface area contributed by atoms with Crippen LogP contribution in [0.4, 0.5) is 0 Å². The van der Waals surface area contributed by atoms with Gasteiger partial charge in [0.2, 0.25) is 5.91 Å². The molecule has 2 unspecified atom stereocenters. The molecule has 2 N–H and O–H groups in total. The monoisotopic (exact) mass is 257 g/mol. The molecule has 0 rings (SSSR count). The van der Waals surface area contributed by atoms with Crippen LogP contribution in [0.5, 0.6) is 0 Å². The second-order valence-electron chi connectivity index (χ2n) is 6.12. The summed E-state index contributed by atoms with van der Waals surface area (Å²) in [5.74, 6) is -0.639. The van der Waals surface area contributed by atoms with E-state index in [-0.39, 0.29) is 29.7 Å². The summed E-state index contributed by atoms with van der Waals surface area (Å²) in [5, 5.41) is 11.6. The number of amides is 1. The van der Waals surface area contributed by atoms with Gasteiger partial charge in [-0.2, -0.15) is 0 Å². The molecule has 0 aliphatic heterocycles. The minimum absolute atomic E-state index is 0.00345. The molecular weight excluding hydrogens is 230 g/mol. The van der Waals surface area contributed by atoms with E-state index in [1.165, 1.54) is 0 Å². The van der Waals surface area contributed by atoms with Crippen LogP contribution in [0.1, 0.15) is 60.3 Å². The molecule has 0 heterocycles. The van der Waals surface area contributed by atoms with E-state index in [4.69, 9.17) is 5.11 Å². The van der Waals surface area contributed by atoms with Crippen molar-refractivity contribution < 1.29 is 14.7 Å². The second kappa shape index (κ2) is 7.39. The Morgan fingerprint density at radius 2 is 1.78 bits per heavy atom. The Morgan fingerprint density at radius 1 is 1.22 bits per heavy atom. The third-order valence-electron chi connectivity index (χ3n) is 3.39. The lowest BCUT2D eigenvalue weighted by Crippen LogP contribution is -2.38. The van der Waals surface area contributed by atoms with E-state index >= 15 is 0 Å². The van der Waals surface area contributed by atoms with Gasteiger partial charge in [0.05, 0.1) is 6.42 Å². The quantitative estimate of drug-likeness (QED) is 0.737. The molecule has 0 aromatic rings. The summed E-state index contributed by atoms with van der Waals surface area (Å²) < 4.78 is 0. The fourth-order valence-electron chi connectivity index (χ4n) is 1.66. The van der Waals surface area contributed by atoms with Crippen molar-refractivity contribution in [1.29, 1.82) is 0 Å². The van der Waals surface area contributed by atoms with Crippen LogP contribution in [-0.4, -0.2) is 23.0 Å². The number of carboxylic acid groups (broad SMARTS) is 1. The van der Waals surface area contributed by atoms with Crippen LogP contribution in [0.3, 0.4) is 0 Å². The zero-order valence-corrected chi connectivity index (χ0v) is 12.2. The maximum absolute atomic E-state index is 11.9. The number of aliphatic carboxylic acids is 1. The summed E-state index contributed by atoms with van der Waals surface area (Å²) in [4.78, 5) is 22.6. The second-order valence-corrected chi connectivity index (χ2v) is 6.12. The molecule has 4 nitrogen and oxygen atoms in total. The highest BCUT2D eigenvalue weighted by Crippen LogP contribution is 2.27. The maximum atomic E-state index is 11.9. The van der Waals surface area contributed by atoms with Crippen LogP contribution in [-0.2, 0) is 9.59 Å². The molecule has 0 aliphatic rings. The highest BCUT2D eigenvalue weighted by atomic mass is 16.4. The van der Waals surface area contributed by atoms with Crippen LogP contribution in [0.25, 0.3) is 0 Å². The Kier molecular flexibility index (Phi) is 6.96. The Bertz CT molecular complexity index is 281. The largest absolute Gasteiger partial charge is 0.481 e. The van der Waals surface area contributed by atoms with Crippen molar-refractivity contribution in [1.82, 2.24) is 5.32 Å². The van der Waals surface area contributed by atoms with Crippen molar-refractivity contribution in [3.8, 4) is 0 Å². The number of carbonyl (C=O) groups excluding carboxylic acids is 1. The maximum Gasteiger partial charge on any atom is 0.305 e. The van der Waals surface area contributed by atoms with Gasteiger partial charge in [0.1, 0.15) is 0 Å². The molecule has 18 heavy (non-hydrogen) atoms.